The second-order valence-electron chi connectivity index (χ2n) is 5.03. The van der Waals surface area contributed by atoms with Crippen molar-refractivity contribution < 1.29 is 4.74 Å². The normalized spacial score (nSPS) is 19.2. The predicted molar refractivity (Wildman–Crippen MR) is 83.4 cm³/mol. The van der Waals surface area contributed by atoms with Crippen LogP contribution in [0.15, 0.2) is 16.6 Å². The molecule has 2 aliphatic rings. The Labute approximate surface area is 129 Å². The van der Waals surface area contributed by atoms with Gasteiger partial charge in [0.2, 0.25) is 0 Å². The quantitative estimate of drug-likeness (QED) is 0.890. The molecule has 1 N–H and O–H groups in total. The molecule has 106 valence electrons. The molecule has 2 aliphatic heterocycles. The molecule has 1 aromatic carbocycles. The van der Waals surface area contributed by atoms with E-state index in [1.54, 1.807) is 0 Å². The molecule has 0 amide bonds. The fourth-order valence-electron chi connectivity index (χ4n) is 2.76. The van der Waals surface area contributed by atoms with Crippen LogP contribution in [0.25, 0.3) is 0 Å². The molecule has 0 aromatic heterocycles. The predicted octanol–water partition coefficient (Wildman–Crippen LogP) is 2.60. The summed E-state index contributed by atoms with van der Waals surface area (Å²) in [6, 6.07) is 4.40. The molecule has 3 rings (SSSR count). The average molecular weight is 348 g/mol. The maximum absolute atomic E-state index is 5.79. The number of hydrogen-bond donors (Lipinski definition) is 1. The minimum absolute atomic E-state index is 0. The van der Waals surface area contributed by atoms with Gasteiger partial charge < -0.3 is 10.1 Å². The van der Waals surface area contributed by atoms with Crippen LogP contribution in [0.2, 0.25) is 0 Å². The van der Waals surface area contributed by atoms with Crippen LogP contribution in [0.4, 0.5) is 0 Å². The summed E-state index contributed by atoms with van der Waals surface area (Å²) in [5.74, 6) is 1.13. The van der Waals surface area contributed by atoms with E-state index in [1.165, 1.54) is 28.6 Å². The van der Waals surface area contributed by atoms with Crippen molar-refractivity contribution in [2.75, 3.05) is 32.8 Å². The van der Waals surface area contributed by atoms with E-state index in [1.807, 2.05) is 0 Å². The maximum atomic E-state index is 5.79. The van der Waals surface area contributed by atoms with E-state index < -0.39 is 0 Å². The molecule has 0 unspecified atom stereocenters. The van der Waals surface area contributed by atoms with E-state index in [2.05, 4.69) is 38.3 Å². The molecule has 5 heteroatoms. The lowest BCUT2D eigenvalue weighted by Crippen LogP contribution is -2.27. The molecule has 19 heavy (non-hydrogen) atoms. The summed E-state index contributed by atoms with van der Waals surface area (Å²) in [5.41, 5.74) is 2.69. The van der Waals surface area contributed by atoms with Gasteiger partial charge in [0.1, 0.15) is 5.75 Å². The number of halogens is 2. The average Bonchev–Trinajstić information content (AvgIpc) is 2.66. The first-order chi connectivity index (χ1) is 8.83. The van der Waals surface area contributed by atoms with Crippen molar-refractivity contribution in [1.82, 2.24) is 10.2 Å². The molecule has 1 saturated heterocycles. The largest absolute Gasteiger partial charge is 0.493 e. The monoisotopic (exact) mass is 346 g/mol. The molecule has 0 bridgehead atoms. The Balaban J connectivity index is 0.00000133. The Bertz CT molecular complexity index is 434. The van der Waals surface area contributed by atoms with Crippen LogP contribution in [-0.2, 0) is 13.0 Å². The van der Waals surface area contributed by atoms with Crippen LogP contribution in [-0.4, -0.2) is 37.7 Å². The molecule has 0 saturated carbocycles. The molecule has 0 atom stereocenters. The topological polar surface area (TPSA) is 24.5 Å². The SMILES string of the molecule is Brc1cc2c(c(CN3CCCNCC3)c1)OCC2.Cl. The minimum atomic E-state index is 0. The van der Waals surface area contributed by atoms with Crippen LogP contribution >= 0.6 is 28.3 Å². The summed E-state index contributed by atoms with van der Waals surface area (Å²) in [6.45, 7) is 6.38. The Morgan fingerprint density at radius 3 is 3.05 bits per heavy atom. The van der Waals surface area contributed by atoms with Gasteiger partial charge in [-0.1, -0.05) is 15.9 Å². The van der Waals surface area contributed by atoms with Crippen molar-refractivity contribution in [1.29, 1.82) is 0 Å². The summed E-state index contributed by atoms with van der Waals surface area (Å²) < 4.78 is 6.97. The highest BCUT2D eigenvalue weighted by Gasteiger charge is 2.19. The van der Waals surface area contributed by atoms with Crippen molar-refractivity contribution in [2.45, 2.75) is 19.4 Å². The third-order valence-electron chi connectivity index (χ3n) is 3.65. The Morgan fingerprint density at radius 2 is 2.16 bits per heavy atom. The van der Waals surface area contributed by atoms with Crippen LogP contribution in [0, 0.1) is 0 Å². The zero-order chi connectivity index (χ0) is 12.4. The van der Waals surface area contributed by atoms with Gasteiger partial charge in [-0.15, -0.1) is 12.4 Å². The molecule has 2 heterocycles. The number of benzene rings is 1. The van der Waals surface area contributed by atoms with Gasteiger partial charge in [-0.3, -0.25) is 4.90 Å². The lowest BCUT2D eigenvalue weighted by molar-refractivity contribution is 0.276. The highest BCUT2D eigenvalue weighted by molar-refractivity contribution is 9.10. The van der Waals surface area contributed by atoms with Gasteiger partial charge in [0, 0.05) is 36.1 Å². The van der Waals surface area contributed by atoms with E-state index >= 15 is 0 Å². The zero-order valence-electron chi connectivity index (χ0n) is 11.0. The number of fused-ring (bicyclic) bond motifs is 1. The van der Waals surface area contributed by atoms with Crippen LogP contribution < -0.4 is 10.1 Å². The first-order valence-corrected chi connectivity index (χ1v) is 7.49. The van der Waals surface area contributed by atoms with E-state index in [-0.39, 0.29) is 12.4 Å². The zero-order valence-corrected chi connectivity index (χ0v) is 13.4. The van der Waals surface area contributed by atoms with Gasteiger partial charge >= 0.3 is 0 Å². The molecular formula is C14H20BrClN2O. The van der Waals surface area contributed by atoms with Crippen molar-refractivity contribution in [2.24, 2.45) is 0 Å². The van der Waals surface area contributed by atoms with Gasteiger partial charge in [-0.2, -0.15) is 0 Å². The Hall–Kier alpha value is -0.290. The van der Waals surface area contributed by atoms with Gasteiger partial charge in [-0.25, -0.2) is 0 Å². The highest BCUT2D eigenvalue weighted by atomic mass is 79.9. The molecule has 0 spiro atoms. The number of rotatable bonds is 2. The summed E-state index contributed by atoms with van der Waals surface area (Å²) >= 11 is 3.61. The summed E-state index contributed by atoms with van der Waals surface area (Å²) in [6.07, 6.45) is 2.28. The summed E-state index contributed by atoms with van der Waals surface area (Å²) in [7, 11) is 0. The van der Waals surface area contributed by atoms with E-state index in [9.17, 15) is 0 Å². The fraction of sp³-hybridized carbons (Fsp3) is 0.571. The van der Waals surface area contributed by atoms with Crippen molar-refractivity contribution in [3.05, 3.63) is 27.7 Å². The fourth-order valence-corrected chi connectivity index (χ4v) is 3.32. The lowest BCUT2D eigenvalue weighted by atomic mass is 10.1. The highest BCUT2D eigenvalue weighted by Crippen LogP contribution is 2.33. The second kappa shape index (κ2) is 6.93. The number of ether oxygens (including phenoxy) is 1. The first kappa shape index (κ1) is 15.1. The van der Waals surface area contributed by atoms with E-state index in [4.69, 9.17) is 4.74 Å². The Kier molecular flexibility index (Phi) is 5.51. The third-order valence-corrected chi connectivity index (χ3v) is 4.11. The molecule has 0 radical (unpaired) electrons. The first-order valence-electron chi connectivity index (χ1n) is 6.70. The lowest BCUT2D eigenvalue weighted by Gasteiger charge is -2.21. The van der Waals surface area contributed by atoms with Crippen LogP contribution in [0.1, 0.15) is 17.5 Å². The molecule has 0 aliphatic carbocycles. The summed E-state index contributed by atoms with van der Waals surface area (Å²) in [4.78, 5) is 2.52. The summed E-state index contributed by atoms with van der Waals surface area (Å²) in [5, 5.41) is 3.44. The van der Waals surface area contributed by atoms with Gasteiger partial charge in [0.15, 0.2) is 0 Å². The number of hydrogen-bond acceptors (Lipinski definition) is 3. The molecule has 3 nitrogen and oxygen atoms in total. The van der Waals surface area contributed by atoms with E-state index in [0.717, 1.165) is 45.0 Å². The standard InChI is InChI=1S/C14H19BrN2O.ClH/c15-13-8-11-2-7-18-14(11)12(9-13)10-17-5-1-3-16-4-6-17;/h8-9,16H,1-7,10H2;1H. The minimum Gasteiger partial charge on any atom is -0.493 e. The van der Waals surface area contributed by atoms with Crippen molar-refractivity contribution >= 4 is 28.3 Å². The van der Waals surface area contributed by atoms with Crippen molar-refractivity contribution in [3.63, 3.8) is 0 Å². The smallest absolute Gasteiger partial charge is 0.127 e. The molecule has 1 fully saturated rings. The van der Waals surface area contributed by atoms with Crippen LogP contribution in [0.5, 0.6) is 5.75 Å². The third kappa shape index (κ3) is 3.63. The Morgan fingerprint density at radius 1 is 1.26 bits per heavy atom. The van der Waals surface area contributed by atoms with Gasteiger partial charge in [-0.05, 0) is 37.2 Å². The molecule has 1 aromatic rings. The number of nitrogens with one attached hydrogen (secondary N) is 1. The van der Waals surface area contributed by atoms with Crippen LogP contribution in [0.3, 0.4) is 0 Å². The molecular weight excluding hydrogens is 328 g/mol. The maximum Gasteiger partial charge on any atom is 0.127 e. The van der Waals surface area contributed by atoms with Crippen molar-refractivity contribution in [3.8, 4) is 5.75 Å². The van der Waals surface area contributed by atoms with Gasteiger partial charge in [0.05, 0.1) is 6.61 Å². The van der Waals surface area contributed by atoms with E-state index in [0.29, 0.717) is 0 Å². The number of nitrogens with zero attached hydrogens (tertiary/aromatic N) is 1. The van der Waals surface area contributed by atoms with Gasteiger partial charge in [0.25, 0.3) is 0 Å². The second-order valence-corrected chi connectivity index (χ2v) is 5.95.